The van der Waals surface area contributed by atoms with Crippen LogP contribution < -0.4 is 20.1 Å². The molecule has 0 radical (unpaired) electrons. The molecule has 0 aliphatic rings. The molecule has 2 N–H and O–H groups in total. The Morgan fingerprint density at radius 2 is 1.73 bits per heavy atom. The molecular formula is C21H21N3O5S. The number of anilines is 1. The molecular weight excluding hydrogens is 406 g/mol. The molecule has 1 heterocycles. The summed E-state index contributed by atoms with van der Waals surface area (Å²) < 4.78 is 15.2. The summed E-state index contributed by atoms with van der Waals surface area (Å²) in [6.07, 6.45) is 0. The van der Waals surface area contributed by atoms with Gasteiger partial charge in [-0.15, -0.1) is 11.3 Å². The fourth-order valence-corrected chi connectivity index (χ4v) is 3.39. The fraction of sp³-hybridized carbons (Fsp3) is 0.190. The zero-order chi connectivity index (χ0) is 21.5. The number of benzene rings is 2. The summed E-state index contributed by atoms with van der Waals surface area (Å²) in [4.78, 5) is 28.1. The van der Waals surface area contributed by atoms with Crippen LogP contribution >= 0.6 is 11.3 Å². The molecule has 1 aromatic heterocycles. The number of hydrogen-bond donors (Lipinski definition) is 2. The van der Waals surface area contributed by atoms with Crippen LogP contribution in [0.3, 0.4) is 0 Å². The lowest BCUT2D eigenvalue weighted by atomic mass is 10.1. The van der Waals surface area contributed by atoms with Gasteiger partial charge in [0.1, 0.15) is 0 Å². The first kappa shape index (κ1) is 21.1. The van der Waals surface area contributed by atoms with E-state index in [0.29, 0.717) is 34.4 Å². The molecule has 0 aliphatic carbocycles. The third-order valence-corrected chi connectivity index (χ3v) is 4.99. The summed E-state index contributed by atoms with van der Waals surface area (Å²) in [5.41, 5.74) is 2.86. The predicted octanol–water partition coefficient (Wildman–Crippen LogP) is 3.94. The maximum Gasteiger partial charge on any atom is 0.337 e. The van der Waals surface area contributed by atoms with E-state index in [-0.39, 0.29) is 6.03 Å². The number of hydrogen-bond acceptors (Lipinski definition) is 7. The van der Waals surface area contributed by atoms with Gasteiger partial charge in [-0.2, -0.15) is 0 Å². The van der Waals surface area contributed by atoms with Crippen LogP contribution in [-0.4, -0.2) is 38.3 Å². The first-order chi connectivity index (χ1) is 14.5. The van der Waals surface area contributed by atoms with Crippen molar-refractivity contribution in [2.75, 3.05) is 26.6 Å². The van der Waals surface area contributed by atoms with Crippen molar-refractivity contribution in [2.24, 2.45) is 0 Å². The summed E-state index contributed by atoms with van der Waals surface area (Å²) >= 11 is 1.31. The average Bonchev–Trinajstić information content (AvgIpc) is 3.25. The monoisotopic (exact) mass is 427 g/mol. The van der Waals surface area contributed by atoms with Crippen LogP contribution in [0.4, 0.5) is 9.93 Å². The molecule has 3 aromatic rings. The molecule has 0 aliphatic heterocycles. The first-order valence-electron chi connectivity index (χ1n) is 8.94. The van der Waals surface area contributed by atoms with Gasteiger partial charge < -0.3 is 19.5 Å². The summed E-state index contributed by atoms with van der Waals surface area (Å²) in [5.74, 6) is 0.828. The Morgan fingerprint density at radius 3 is 2.40 bits per heavy atom. The standard InChI is InChI=1S/C21H21N3O5S/c1-27-17-9-4-13(10-18(17)28-2)11-22-20(26)24-21-23-16(12-30-21)14-5-7-15(8-6-14)19(25)29-3/h4-10,12H,11H2,1-3H3,(H2,22,23,24,26). The minimum Gasteiger partial charge on any atom is -0.493 e. The number of aromatic nitrogens is 1. The van der Waals surface area contributed by atoms with E-state index in [4.69, 9.17) is 9.47 Å². The van der Waals surface area contributed by atoms with E-state index in [1.807, 2.05) is 11.4 Å². The topological polar surface area (TPSA) is 98.8 Å². The number of esters is 1. The van der Waals surface area contributed by atoms with E-state index < -0.39 is 5.97 Å². The Bertz CT molecular complexity index is 1030. The first-order valence-corrected chi connectivity index (χ1v) is 9.82. The smallest absolute Gasteiger partial charge is 0.337 e. The number of carbonyl (C=O) groups excluding carboxylic acids is 2. The third-order valence-electron chi connectivity index (χ3n) is 4.23. The number of ether oxygens (including phenoxy) is 3. The Balaban J connectivity index is 1.58. The van der Waals surface area contributed by atoms with Gasteiger partial charge in [-0.05, 0) is 29.8 Å². The highest BCUT2D eigenvalue weighted by Crippen LogP contribution is 2.28. The van der Waals surface area contributed by atoms with Crippen molar-refractivity contribution in [3.63, 3.8) is 0 Å². The molecule has 9 heteroatoms. The lowest BCUT2D eigenvalue weighted by molar-refractivity contribution is 0.0600. The summed E-state index contributed by atoms with van der Waals surface area (Å²) in [6, 6.07) is 12.0. The van der Waals surface area contributed by atoms with E-state index in [1.54, 1.807) is 50.6 Å². The predicted molar refractivity (Wildman–Crippen MR) is 114 cm³/mol. The number of thiazole rings is 1. The highest BCUT2D eigenvalue weighted by Gasteiger charge is 2.10. The lowest BCUT2D eigenvalue weighted by Gasteiger charge is -2.10. The van der Waals surface area contributed by atoms with Gasteiger partial charge in [-0.3, -0.25) is 5.32 Å². The van der Waals surface area contributed by atoms with Crippen molar-refractivity contribution in [3.05, 3.63) is 59.0 Å². The number of nitrogens with zero attached hydrogens (tertiary/aromatic N) is 1. The van der Waals surface area contributed by atoms with E-state index in [0.717, 1.165) is 11.1 Å². The largest absolute Gasteiger partial charge is 0.493 e. The number of methoxy groups -OCH3 is 3. The minimum absolute atomic E-state index is 0.319. The zero-order valence-corrected chi connectivity index (χ0v) is 17.5. The van der Waals surface area contributed by atoms with Crippen molar-refractivity contribution in [3.8, 4) is 22.8 Å². The Morgan fingerprint density at radius 1 is 1.00 bits per heavy atom. The second-order valence-corrected chi connectivity index (χ2v) is 6.96. The van der Waals surface area contributed by atoms with Crippen LogP contribution in [0.25, 0.3) is 11.3 Å². The Labute approximate surface area is 177 Å². The Kier molecular flexibility index (Phi) is 6.87. The minimum atomic E-state index is -0.395. The maximum atomic E-state index is 12.2. The molecule has 0 spiro atoms. The van der Waals surface area contributed by atoms with Crippen LogP contribution in [0.1, 0.15) is 15.9 Å². The second-order valence-electron chi connectivity index (χ2n) is 6.10. The molecule has 0 saturated heterocycles. The Hall–Kier alpha value is -3.59. The number of urea groups is 1. The number of carbonyl (C=O) groups is 2. The van der Waals surface area contributed by atoms with Crippen molar-refractivity contribution in [1.29, 1.82) is 0 Å². The lowest BCUT2D eigenvalue weighted by Crippen LogP contribution is -2.28. The van der Waals surface area contributed by atoms with Crippen LogP contribution in [0.2, 0.25) is 0 Å². The highest BCUT2D eigenvalue weighted by atomic mass is 32.1. The second kappa shape index (κ2) is 9.75. The SMILES string of the molecule is COC(=O)c1ccc(-c2csc(NC(=O)NCc3ccc(OC)c(OC)c3)n2)cc1. The van der Waals surface area contributed by atoms with E-state index in [1.165, 1.54) is 18.4 Å². The molecule has 0 saturated carbocycles. The fourth-order valence-electron chi connectivity index (χ4n) is 2.67. The molecule has 0 atom stereocenters. The molecule has 156 valence electrons. The van der Waals surface area contributed by atoms with Crippen molar-refractivity contribution in [2.45, 2.75) is 6.54 Å². The molecule has 2 aromatic carbocycles. The molecule has 3 rings (SSSR count). The van der Waals surface area contributed by atoms with Gasteiger partial charge in [-0.1, -0.05) is 18.2 Å². The van der Waals surface area contributed by atoms with Gasteiger partial charge in [0, 0.05) is 17.5 Å². The van der Waals surface area contributed by atoms with Crippen LogP contribution in [0.15, 0.2) is 47.8 Å². The van der Waals surface area contributed by atoms with Gasteiger partial charge in [-0.25, -0.2) is 14.6 Å². The van der Waals surface area contributed by atoms with E-state index in [9.17, 15) is 9.59 Å². The molecule has 8 nitrogen and oxygen atoms in total. The van der Waals surface area contributed by atoms with Crippen molar-refractivity contribution in [1.82, 2.24) is 10.3 Å². The summed E-state index contributed by atoms with van der Waals surface area (Å²) in [5, 5.41) is 7.80. The van der Waals surface area contributed by atoms with Gasteiger partial charge >= 0.3 is 12.0 Å². The highest BCUT2D eigenvalue weighted by molar-refractivity contribution is 7.14. The van der Waals surface area contributed by atoms with Crippen molar-refractivity contribution < 1.29 is 23.8 Å². The maximum absolute atomic E-state index is 12.2. The molecule has 0 unspecified atom stereocenters. The van der Waals surface area contributed by atoms with E-state index in [2.05, 4.69) is 20.4 Å². The quantitative estimate of drug-likeness (QED) is 0.554. The van der Waals surface area contributed by atoms with Crippen LogP contribution in [0, 0.1) is 0 Å². The summed E-state index contributed by atoms with van der Waals surface area (Å²) in [6.45, 7) is 0.319. The van der Waals surface area contributed by atoms with Crippen molar-refractivity contribution >= 4 is 28.5 Å². The average molecular weight is 427 g/mol. The molecule has 2 amide bonds. The van der Waals surface area contributed by atoms with Gasteiger partial charge in [0.15, 0.2) is 16.6 Å². The number of nitrogens with one attached hydrogen (secondary N) is 2. The summed E-state index contributed by atoms with van der Waals surface area (Å²) in [7, 11) is 4.47. The normalized spacial score (nSPS) is 10.2. The molecule has 30 heavy (non-hydrogen) atoms. The molecule has 0 fully saturated rings. The van der Waals surface area contributed by atoms with Crippen LogP contribution in [0.5, 0.6) is 11.5 Å². The van der Waals surface area contributed by atoms with Gasteiger partial charge in [0.05, 0.1) is 32.6 Å². The molecule has 0 bridgehead atoms. The van der Waals surface area contributed by atoms with Gasteiger partial charge in [0.2, 0.25) is 0 Å². The third kappa shape index (κ3) is 5.06. The van der Waals surface area contributed by atoms with Gasteiger partial charge in [0.25, 0.3) is 0 Å². The number of amides is 2. The van der Waals surface area contributed by atoms with Crippen LogP contribution in [-0.2, 0) is 11.3 Å². The zero-order valence-electron chi connectivity index (χ0n) is 16.7. The number of rotatable bonds is 7. The van der Waals surface area contributed by atoms with E-state index >= 15 is 0 Å².